The molecule has 0 saturated carbocycles. The van der Waals surface area contributed by atoms with E-state index in [4.69, 9.17) is 9.84 Å². The molecular formula is C17H15F2NO4. The molecule has 0 heterocycles. The van der Waals surface area contributed by atoms with Crippen LogP contribution in [0.1, 0.15) is 22.8 Å². The molecule has 0 aromatic heterocycles. The van der Waals surface area contributed by atoms with Crippen LogP contribution >= 0.6 is 0 Å². The van der Waals surface area contributed by atoms with E-state index in [0.29, 0.717) is 5.56 Å². The highest BCUT2D eigenvalue weighted by molar-refractivity contribution is 5.97. The second kappa shape index (κ2) is 7.65. The predicted molar refractivity (Wildman–Crippen MR) is 82.2 cm³/mol. The van der Waals surface area contributed by atoms with E-state index in [9.17, 15) is 18.4 Å². The molecule has 0 spiro atoms. The summed E-state index contributed by atoms with van der Waals surface area (Å²) in [6, 6.07) is 8.95. The maximum atomic E-state index is 13.1. The standard InChI is InChI=1S/C17H15F2NO4/c1-10(16(22)20-13-6-7-14(18)15(19)8-13)24-17(23)12-4-2-11(9-21)3-5-12/h2-8,10,21H,9H2,1H3,(H,20,22)/t10-/m1/s1. The van der Waals surface area contributed by atoms with Gasteiger partial charge < -0.3 is 15.2 Å². The van der Waals surface area contributed by atoms with E-state index in [1.54, 1.807) is 12.1 Å². The van der Waals surface area contributed by atoms with Crippen molar-refractivity contribution in [3.63, 3.8) is 0 Å². The van der Waals surface area contributed by atoms with Gasteiger partial charge in [0, 0.05) is 11.8 Å². The van der Waals surface area contributed by atoms with Crippen molar-refractivity contribution in [3.8, 4) is 0 Å². The molecule has 0 bridgehead atoms. The highest BCUT2D eigenvalue weighted by Crippen LogP contribution is 2.14. The van der Waals surface area contributed by atoms with Gasteiger partial charge in [-0.25, -0.2) is 13.6 Å². The minimum absolute atomic E-state index is 0.0501. The number of hydrogen-bond acceptors (Lipinski definition) is 4. The molecule has 7 heteroatoms. The molecule has 2 aromatic rings. The number of esters is 1. The highest BCUT2D eigenvalue weighted by Gasteiger charge is 2.19. The van der Waals surface area contributed by atoms with E-state index in [-0.39, 0.29) is 17.9 Å². The van der Waals surface area contributed by atoms with Crippen molar-refractivity contribution >= 4 is 17.6 Å². The third kappa shape index (κ3) is 4.36. The fourth-order valence-electron chi connectivity index (χ4n) is 1.85. The van der Waals surface area contributed by atoms with Crippen molar-refractivity contribution in [2.24, 2.45) is 0 Å². The first kappa shape index (κ1) is 17.6. The van der Waals surface area contributed by atoms with Crippen molar-refractivity contribution < 1.29 is 28.2 Å². The monoisotopic (exact) mass is 335 g/mol. The maximum absolute atomic E-state index is 13.1. The summed E-state index contributed by atoms with van der Waals surface area (Å²) in [4.78, 5) is 23.9. The number of amides is 1. The van der Waals surface area contributed by atoms with E-state index in [0.717, 1.165) is 12.1 Å². The number of nitrogens with one attached hydrogen (secondary N) is 1. The summed E-state index contributed by atoms with van der Waals surface area (Å²) in [6.07, 6.45) is -1.14. The second-order valence-electron chi connectivity index (χ2n) is 5.02. The minimum Gasteiger partial charge on any atom is -0.449 e. The molecule has 24 heavy (non-hydrogen) atoms. The van der Waals surface area contributed by atoms with E-state index in [1.807, 2.05) is 0 Å². The second-order valence-corrected chi connectivity index (χ2v) is 5.02. The Morgan fingerprint density at radius 2 is 1.79 bits per heavy atom. The summed E-state index contributed by atoms with van der Waals surface area (Å²) in [6.45, 7) is 1.21. The Kier molecular flexibility index (Phi) is 5.59. The van der Waals surface area contributed by atoms with Gasteiger partial charge in [0.15, 0.2) is 17.7 Å². The Hall–Kier alpha value is -2.80. The normalized spacial score (nSPS) is 11.7. The lowest BCUT2D eigenvalue weighted by molar-refractivity contribution is -0.123. The molecule has 1 atom stereocenters. The zero-order chi connectivity index (χ0) is 17.7. The molecule has 0 radical (unpaired) electrons. The maximum Gasteiger partial charge on any atom is 0.338 e. The summed E-state index contributed by atoms with van der Waals surface area (Å²) in [5, 5.41) is 11.3. The summed E-state index contributed by atoms with van der Waals surface area (Å²) in [5.41, 5.74) is 0.907. The summed E-state index contributed by atoms with van der Waals surface area (Å²) >= 11 is 0. The number of carbonyl (C=O) groups is 2. The molecule has 1 amide bonds. The fraction of sp³-hybridized carbons (Fsp3) is 0.176. The molecule has 0 saturated heterocycles. The first-order valence-corrected chi connectivity index (χ1v) is 7.07. The lowest BCUT2D eigenvalue weighted by Crippen LogP contribution is -2.30. The van der Waals surface area contributed by atoms with Crippen molar-refractivity contribution in [3.05, 3.63) is 65.2 Å². The average Bonchev–Trinajstić information content (AvgIpc) is 2.58. The van der Waals surface area contributed by atoms with Crippen LogP contribution in [0.5, 0.6) is 0 Å². The number of halogens is 2. The molecule has 0 aliphatic rings. The molecular weight excluding hydrogens is 320 g/mol. The number of rotatable bonds is 5. The minimum atomic E-state index is -1.14. The van der Waals surface area contributed by atoms with Crippen LogP contribution in [0.4, 0.5) is 14.5 Å². The number of ether oxygens (including phenoxy) is 1. The molecule has 126 valence electrons. The number of aliphatic hydroxyl groups is 1. The van der Waals surface area contributed by atoms with Gasteiger partial charge in [0.2, 0.25) is 0 Å². The van der Waals surface area contributed by atoms with Crippen LogP contribution in [-0.2, 0) is 16.1 Å². The van der Waals surface area contributed by atoms with Gasteiger partial charge >= 0.3 is 5.97 Å². The van der Waals surface area contributed by atoms with Gasteiger partial charge in [-0.3, -0.25) is 4.79 Å². The SMILES string of the molecule is C[C@@H](OC(=O)c1ccc(CO)cc1)C(=O)Nc1ccc(F)c(F)c1. The van der Waals surface area contributed by atoms with Crippen LogP contribution in [0.15, 0.2) is 42.5 Å². The van der Waals surface area contributed by atoms with Crippen LogP contribution in [0.2, 0.25) is 0 Å². The Balaban J connectivity index is 1.97. The molecule has 0 aliphatic heterocycles. The highest BCUT2D eigenvalue weighted by atomic mass is 19.2. The van der Waals surface area contributed by atoms with E-state index in [1.165, 1.54) is 25.1 Å². The van der Waals surface area contributed by atoms with Crippen LogP contribution in [0.3, 0.4) is 0 Å². The van der Waals surface area contributed by atoms with Crippen LogP contribution < -0.4 is 5.32 Å². The molecule has 0 aliphatic carbocycles. The fourth-order valence-corrected chi connectivity index (χ4v) is 1.85. The van der Waals surface area contributed by atoms with Gasteiger partial charge in [0.1, 0.15) is 0 Å². The van der Waals surface area contributed by atoms with Crippen molar-refractivity contribution in [2.45, 2.75) is 19.6 Å². The quantitative estimate of drug-likeness (QED) is 0.824. The largest absolute Gasteiger partial charge is 0.449 e. The number of benzene rings is 2. The molecule has 2 aromatic carbocycles. The first-order chi connectivity index (χ1) is 11.4. The van der Waals surface area contributed by atoms with E-state index in [2.05, 4.69) is 5.32 Å². The average molecular weight is 335 g/mol. The number of carbonyl (C=O) groups excluding carboxylic acids is 2. The van der Waals surface area contributed by atoms with Gasteiger partial charge in [-0.1, -0.05) is 12.1 Å². The summed E-state index contributed by atoms with van der Waals surface area (Å²) in [7, 11) is 0. The Morgan fingerprint density at radius 1 is 1.12 bits per heavy atom. The van der Waals surface area contributed by atoms with Crippen molar-refractivity contribution in [1.82, 2.24) is 0 Å². The van der Waals surface area contributed by atoms with Crippen LogP contribution in [-0.4, -0.2) is 23.1 Å². The predicted octanol–water partition coefficient (Wildman–Crippen LogP) is 2.64. The zero-order valence-corrected chi connectivity index (χ0v) is 12.8. The van der Waals surface area contributed by atoms with Gasteiger partial charge in [-0.15, -0.1) is 0 Å². The number of aliphatic hydroxyl groups excluding tert-OH is 1. The summed E-state index contributed by atoms with van der Waals surface area (Å²) < 4.78 is 30.9. The summed E-state index contributed by atoms with van der Waals surface area (Å²) in [5.74, 6) is -3.52. The van der Waals surface area contributed by atoms with Gasteiger partial charge in [-0.2, -0.15) is 0 Å². The Labute approximate surface area is 136 Å². The Morgan fingerprint density at radius 3 is 2.38 bits per heavy atom. The number of hydrogen-bond donors (Lipinski definition) is 2. The zero-order valence-electron chi connectivity index (χ0n) is 12.8. The molecule has 0 fully saturated rings. The number of anilines is 1. The molecule has 5 nitrogen and oxygen atoms in total. The van der Waals surface area contributed by atoms with Gasteiger partial charge in [0.25, 0.3) is 5.91 Å². The van der Waals surface area contributed by atoms with Crippen molar-refractivity contribution in [2.75, 3.05) is 5.32 Å². The molecule has 0 unspecified atom stereocenters. The molecule has 2 rings (SSSR count). The Bertz CT molecular complexity index is 747. The topological polar surface area (TPSA) is 75.6 Å². The van der Waals surface area contributed by atoms with E-state index >= 15 is 0 Å². The lowest BCUT2D eigenvalue weighted by Gasteiger charge is -2.14. The van der Waals surface area contributed by atoms with Crippen molar-refractivity contribution in [1.29, 1.82) is 0 Å². The van der Waals surface area contributed by atoms with Gasteiger partial charge in [-0.05, 0) is 36.8 Å². The lowest BCUT2D eigenvalue weighted by atomic mass is 10.1. The smallest absolute Gasteiger partial charge is 0.338 e. The van der Waals surface area contributed by atoms with Crippen LogP contribution in [0.25, 0.3) is 0 Å². The first-order valence-electron chi connectivity index (χ1n) is 7.07. The molecule has 2 N–H and O–H groups in total. The third-order valence-corrected chi connectivity index (χ3v) is 3.21. The van der Waals surface area contributed by atoms with E-state index < -0.39 is 29.6 Å². The van der Waals surface area contributed by atoms with Crippen LogP contribution in [0, 0.1) is 11.6 Å². The third-order valence-electron chi connectivity index (χ3n) is 3.21. The van der Waals surface area contributed by atoms with Gasteiger partial charge in [0.05, 0.1) is 12.2 Å².